The summed E-state index contributed by atoms with van der Waals surface area (Å²) in [6.45, 7) is 2.59. The van der Waals surface area contributed by atoms with Crippen LogP contribution in [0.25, 0.3) is 0 Å². The van der Waals surface area contributed by atoms with Gasteiger partial charge in [0.15, 0.2) is 5.82 Å². The number of nitrogens with one attached hydrogen (secondary N) is 1. The van der Waals surface area contributed by atoms with Crippen LogP contribution in [-0.2, 0) is 4.79 Å². The van der Waals surface area contributed by atoms with Gasteiger partial charge in [-0.1, -0.05) is 6.07 Å². The standard InChI is InChI=1S/C17H18N4O3/c1-11-5-6-15(20-19-11)18-14-4-2-3-12(9-14)16(22)21-8-7-13(10-21)17(23)24/h2-6,9,13H,7-8,10H2,1H3,(H,18,20)(H,23,24)/t13-/m1/s1. The molecule has 2 N–H and O–H groups in total. The number of aliphatic carboxylic acids is 1. The van der Waals surface area contributed by atoms with Crippen molar-refractivity contribution in [1.82, 2.24) is 15.1 Å². The molecule has 0 saturated carbocycles. The van der Waals surface area contributed by atoms with Crippen LogP contribution < -0.4 is 5.32 Å². The van der Waals surface area contributed by atoms with E-state index in [0.29, 0.717) is 24.3 Å². The fraction of sp³-hybridized carbons (Fsp3) is 0.294. The smallest absolute Gasteiger partial charge is 0.308 e. The van der Waals surface area contributed by atoms with Gasteiger partial charge in [-0.15, -0.1) is 5.10 Å². The second-order valence-corrected chi connectivity index (χ2v) is 5.84. The molecule has 0 unspecified atom stereocenters. The van der Waals surface area contributed by atoms with Crippen molar-refractivity contribution < 1.29 is 14.7 Å². The van der Waals surface area contributed by atoms with Crippen LogP contribution in [0.2, 0.25) is 0 Å². The summed E-state index contributed by atoms with van der Waals surface area (Å²) in [6.07, 6.45) is 0.498. The maximum absolute atomic E-state index is 12.5. The van der Waals surface area contributed by atoms with Crippen LogP contribution in [0.1, 0.15) is 22.5 Å². The van der Waals surface area contributed by atoms with E-state index >= 15 is 0 Å². The van der Waals surface area contributed by atoms with E-state index in [2.05, 4.69) is 15.5 Å². The Morgan fingerprint density at radius 1 is 1.25 bits per heavy atom. The van der Waals surface area contributed by atoms with Gasteiger partial charge in [0.2, 0.25) is 0 Å². The van der Waals surface area contributed by atoms with E-state index in [-0.39, 0.29) is 12.5 Å². The summed E-state index contributed by atoms with van der Waals surface area (Å²) in [7, 11) is 0. The van der Waals surface area contributed by atoms with Gasteiger partial charge in [-0.2, -0.15) is 5.10 Å². The van der Waals surface area contributed by atoms with Gasteiger partial charge in [0, 0.05) is 24.3 Å². The minimum absolute atomic E-state index is 0.155. The molecule has 1 saturated heterocycles. The summed E-state index contributed by atoms with van der Waals surface area (Å²) >= 11 is 0. The Kier molecular flexibility index (Phi) is 4.41. The van der Waals surface area contributed by atoms with Crippen molar-refractivity contribution in [3.63, 3.8) is 0 Å². The number of anilines is 2. The third kappa shape index (κ3) is 3.51. The number of nitrogens with zero attached hydrogens (tertiary/aromatic N) is 3. The monoisotopic (exact) mass is 326 g/mol. The number of hydrogen-bond donors (Lipinski definition) is 2. The van der Waals surface area contributed by atoms with E-state index in [1.54, 1.807) is 23.1 Å². The van der Waals surface area contributed by atoms with Crippen LogP contribution in [0.3, 0.4) is 0 Å². The number of carboxylic acid groups (broad SMARTS) is 1. The molecular weight excluding hydrogens is 308 g/mol. The van der Waals surface area contributed by atoms with Crippen molar-refractivity contribution in [2.24, 2.45) is 5.92 Å². The lowest BCUT2D eigenvalue weighted by Crippen LogP contribution is -2.29. The minimum atomic E-state index is -0.848. The van der Waals surface area contributed by atoms with Gasteiger partial charge in [0.1, 0.15) is 0 Å². The molecule has 24 heavy (non-hydrogen) atoms. The molecule has 0 spiro atoms. The van der Waals surface area contributed by atoms with E-state index in [1.807, 2.05) is 25.1 Å². The van der Waals surface area contributed by atoms with Crippen molar-refractivity contribution in [2.45, 2.75) is 13.3 Å². The van der Waals surface area contributed by atoms with Crippen LogP contribution in [-0.4, -0.2) is 45.2 Å². The maximum Gasteiger partial charge on any atom is 0.308 e. The van der Waals surface area contributed by atoms with Crippen molar-refractivity contribution in [3.05, 3.63) is 47.7 Å². The number of rotatable bonds is 4. The van der Waals surface area contributed by atoms with E-state index < -0.39 is 11.9 Å². The van der Waals surface area contributed by atoms with Crippen molar-refractivity contribution >= 4 is 23.4 Å². The number of benzene rings is 1. The van der Waals surface area contributed by atoms with Gasteiger partial charge in [0.25, 0.3) is 5.91 Å². The fourth-order valence-corrected chi connectivity index (χ4v) is 2.67. The zero-order chi connectivity index (χ0) is 17.1. The molecule has 7 nitrogen and oxygen atoms in total. The van der Waals surface area contributed by atoms with Crippen LogP contribution in [0.5, 0.6) is 0 Å². The Bertz CT molecular complexity index is 761. The number of hydrogen-bond acceptors (Lipinski definition) is 5. The Labute approximate surface area is 139 Å². The normalized spacial score (nSPS) is 16.9. The number of amides is 1. The van der Waals surface area contributed by atoms with Crippen LogP contribution >= 0.6 is 0 Å². The Morgan fingerprint density at radius 3 is 2.75 bits per heavy atom. The molecule has 0 radical (unpaired) electrons. The van der Waals surface area contributed by atoms with E-state index in [1.165, 1.54) is 0 Å². The molecular formula is C17H18N4O3. The lowest BCUT2D eigenvalue weighted by Gasteiger charge is -2.16. The highest BCUT2D eigenvalue weighted by Crippen LogP contribution is 2.21. The van der Waals surface area contributed by atoms with Crippen molar-refractivity contribution in [3.8, 4) is 0 Å². The van der Waals surface area contributed by atoms with E-state index in [9.17, 15) is 9.59 Å². The maximum atomic E-state index is 12.5. The quantitative estimate of drug-likeness (QED) is 0.893. The first-order chi connectivity index (χ1) is 11.5. The number of carbonyl (C=O) groups excluding carboxylic acids is 1. The number of carbonyl (C=O) groups is 2. The summed E-state index contributed by atoms with van der Waals surface area (Å²) in [5, 5.41) is 20.2. The summed E-state index contributed by atoms with van der Waals surface area (Å²) in [5.74, 6) is -0.883. The van der Waals surface area contributed by atoms with Crippen LogP contribution in [0.15, 0.2) is 36.4 Å². The first kappa shape index (κ1) is 15.9. The summed E-state index contributed by atoms with van der Waals surface area (Å²) in [6, 6.07) is 10.7. The first-order valence-corrected chi connectivity index (χ1v) is 7.72. The zero-order valence-electron chi connectivity index (χ0n) is 13.3. The van der Waals surface area contributed by atoms with Gasteiger partial charge in [0.05, 0.1) is 11.6 Å². The molecule has 2 heterocycles. The highest BCUT2D eigenvalue weighted by atomic mass is 16.4. The molecule has 2 aromatic rings. The Balaban J connectivity index is 1.72. The minimum Gasteiger partial charge on any atom is -0.481 e. The molecule has 1 atom stereocenters. The fourth-order valence-electron chi connectivity index (χ4n) is 2.67. The molecule has 1 aliphatic rings. The summed E-state index contributed by atoms with van der Waals surface area (Å²) in [5.41, 5.74) is 2.07. The molecule has 1 aromatic heterocycles. The average Bonchev–Trinajstić information content (AvgIpc) is 3.07. The van der Waals surface area contributed by atoms with Gasteiger partial charge < -0.3 is 15.3 Å². The SMILES string of the molecule is Cc1ccc(Nc2cccc(C(=O)N3CC[C@@H](C(=O)O)C3)c2)nn1. The van der Waals surface area contributed by atoms with Gasteiger partial charge >= 0.3 is 5.97 Å². The van der Waals surface area contributed by atoms with E-state index in [0.717, 1.165) is 11.4 Å². The highest BCUT2D eigenvalue weighted by Gasteiger charge is 2.31. The predicted octanol–water partition coefficient (Wildman–Crippen LogP) is 2.08. The number of aromatic nitrogens is 2. The summed E-state index contributed by atoms with van der Waals surface area (Å²) < 4.78 is 0. The van der Waals surface area contributed by atoms with Crippen LogP contribution in [0, 0.1) is 12.8 Å². The number of likely N-dealkylation sites (tertiary alicyclic amines) is 1. The van der Waals surface area contributed by atoms with E-state index in [4.69, 9.17) is 5.11 Å². The van der Waals surface area contributed by atoms with Gasteiger partial charge in [-0.05, 0) is 43.7 Å². The number of aryl methyl sites for hydroxylation is 1. The second kappa shape index (κ2) is 6.66. The lowest BCUT2D eigenvalue weighted by molar-refractivity contribution is -0.141. The molecule has 7 heteroatoms. The third-order valence-electron chi connectivity index (χ3n) is 4.00. The molecule has 3 rings (SSSR count). The van der Waals surface area contributed by atoms with Gasteiger partial charge in [-0.25, -0.2) is 0 Å². The molecule has 124 valence electrons. The summed E-state index contributed by atoms with van der Waals surface area (Å²) in [4.78, 5) is 25.2. The largest absolute Gasteiger partial charge is 0.481 e. The predicted molar refractivity (Wildman–Crippen MR) is 88.1 cm³/mol. The highest BCUT2D eigenvalue weighted by molar-refractivity contribution is 5.95. The molecule has 1 aliphatic heterocycles. The third-order valence-corrected chi connectivity index (χ3v) is 4.00. The Hall–Kier alpha value is -2.96. The molecule has 1 amide bonds. The van der Waals surface area contributed by atoms with Crippen molar-refractivity contribution in [2.75, 3.05) is 18.4 Å². The molecule has 1 aromatic carbocycles. The Morgan fingerprint density at radius 2 is 2.08 bits per heavy atom. The average molecular weight is 326 g/mol. The topological polar surface area (TPSA) is 95.4 Å². The lowest BCUT2D eigenvalue weighted by atomic mass is 10.1. The molecule has 0 aliphatic carbocycles. The number of carboxylic acids is 1. The second-order valence-electron chi connectivity index (χ2n) is 5.84. The zero-order valence-corrected chi connectivity index (χ0v) is 13.3. The first-order valence-electron chi connectivity index (χ1n) is 7.72. The van der Waals surface area contributed by atoms with Gasteiger partial charge in [-0.3, -0.25) is 9.59 Å². The molecule has 1 fully saturated rings. The van der Waals surface area contributed by atoms with Crippen LogP contribution in [0.4, 0.5) is 11.5 Å². The molecule has 0 bridgehead atoms. The van der Waals surface area contributed by atoms with Crippen molar-refractivity contribution in [1.29, 1.82) is 0 Å².